The molecule has 1 atom stereocenters. The standard InChI is InChI=1S/C32H35N7O4/c40-27-9-8-26(30(41)35-27)38-31(42)22-7-6-20(16-23(22)32(38)43)34-17-18-14-21(15-18)39-25-3-1-2-24(37-12-10-33-11-13-37)28(25)29(36-39)19-4-5-19/h1-3,6-7,16,18-19,21,26,33-34H,4-5,8-15,17H2,(H,35,40,41). The number of rotatable bonds is 7. The summed E-state index contributed by atoms with van der Waals surface area (Å²) in [5.41, 5.74) is 5.20. The van der Waals surface area contributed by atoms with Gasteiger partial charge in [-0.25, -0.2) is 0 Å². The molecule has 3 N–H and O–H groups in total. The Labute approximate surface area is 248 Å². The first-order valence-electron chi connectivity index (χ1n) is 15.5. The van der Waals surface area contributed by atoms with Gasteiger partial charge in [-0.3, -0.25) is 34.1 Å². The molecule has 4 heterocycles. The van der Waals surface area contributed by atoms with E-state index in [9.17, 15) is 19.2 Å². The van der Waals surface area contributed by atoms with Crippen LogP contribution >= 0.6 is 0 Å². The van der Waals surface area contributed by atoms with Crippen LogP contribution in [0.3, 0.4) is 0 Å². The van der Waals surface area contributed by atoms with Crippen molar-refractivity contribution in [3.63, 3.8) is 0 Å². The number of imide groups is 2. The Balaban J connectivity index is 0.944. The molecule has 4 fully saturated rings. The summed E-state index contributed by atoms with van der Waals surface area (Å²) in [6.45, 7) is 4.81. The molecule has 2 aliphatic carbocycles. The molecule has 11 heteroatoms. The van der Waals surface area contributed by atoms with Gasteiger partial charge in [0.1, 0.15) is 6.04 Å². The molecular formula is C32H35N7O4. The van der Waals surface area contributed by atoms with Crippen LogP contribution in [0.1, 0.15) is 76.9 Å². The number of piperidine rings is 1. The van der Waals surface area contributed by atoms with Crippen molar-refractivity contribution in [2.24, 2.45) is 5.92 Å². The molecule has 43 heavy (non-hydrogen) atoms. The molecule has 0 radical (unpaired) electrons. The summed E-state index contributed by atoms with van der Waals surface area (Å²) in [7, 11) is 0. The van der Waals surface area contributed by atoms with Gasteiger partial charge in [0.2, 0.25) is 11.8 Å². The summed E-state index contributed by atoms with van der Waals surface area (Å²) < 4.78 is 2.29. The molecular weight excluding hydrogens is 546 g/mol. The second-order valence-corrected chi connectivity index (χ2v) is 12.6. The van der Waals surface area contributed by atoms with Crippen LogP contribution in [0.4, 0.5) is 11.4 Å². The topological polar surface area (TPSA) is 129 Å². The first kappa shape index (κ1) is 26.4. The van der Waals surface area contributed by atoms with Crippen molar-refractivity contribution in [3.8, 4) is 0 Å². The number of anilines is 2. The maximum Gasteiger partial charge on any atom is 0.262 e. The number of carbonyl (C=O) groups excluding carboxylic acids is 4. The van der Waals surface area contributed by atoms with Gasteiger partial charge in [0.05, 0.1) is 28.4 Å². The summed E-state index contributed by atoms with van der Waals surface area (Å²) in [6, 6.07) is 11.2. The van der Waals surface area contributed by atoms with Crippen molar-refractivity contribution in [1.82, 2.24) is 25.3 Å². The SMILES string of the molecule is O=C1CCC(N2C(=O)c3ccc(NCC4CC(n5nc(C6CC6)c6c(N7CCNCC7)cccc65)C4)cc3C2=O)C(=O)N1. The summed E-state index contributed by atoms with van der Waals surface area (Å²) in [5, 5.41) is 15.7. The lowest BCUT2D eigenvalue weighted by molar-refractivity contribution is -0.136. The van der Waals surface area contributed by atoms with E-state index in [1.54, 1.807) is 12.1 Å². The zero-order chi connectivity index (χ0) is 29.2. The van der Waals surface area contributed by atoms with Gasteiger partial charge in [0.25, 0.3) is 11.8 Å². The third-order valence-corrected chi connectivity index (χ3v) is 9.75. The van der Waals surface area contributed by atoms with Crippen LogP contribution in [-0.2, 0) is 9.59 Å². The fourth-order valence-electron chi connectivity index (χ4n) is 7.20. The summed E-state index contributed by atoms with van der Waals surface area (Å²) in [6.07, 6.45) is 4.74. The smallest absolute Gasteiger partial charge is 0.262 e. The minimum absolute atomic E-state index is 0.104. The molecule has 3 aliphatic heterocycles. The molecule has 1 unspecified atom stereocenters. The van der Waals surface area contributed by atoms with Crippen LogP contribution in [0.25, 0.3) is 10.9 Å². The van der Waals surface area contributed by atoms with Crippen molar-refractivity contribution in [2.75, 3.05) is 42.9 Å². The van der Waals surface area contributed by atoms with Crippen LogP contribution in [0, 0.1) is 5.92 Å². The highest BCUT2D eigenvalue weighted by molar-refractivity contribution is 6.23. The van der Waals surface area contributed by atoms with E-state index >= 15 is 0 Å². The van der Waals surface area contributed by atoms with Gasteiger partial charge in [0.15, 0.2) is 0 Å². The number of fused-ring (bicyclic) bond motifs is 2. The lowest BCUT2D eigenvalue weighted by Gasteiger charge is -2.36. The molecule has 4 amide bonds. The van der Waals surface area contributed by atoms with Gasteiger partial charge in [-0.2, -0.15) is 5.10 Å². The summed E-state index contributed by atoms with van der Waals surface area (Å²) >= 11 is 0. The zero-order valence-electron chi connectivity index (χ0n) is 24.0. The largest absolute Gasteiger partial charge is 0.385 e. The van der Waals surface area contributed by atoms with E-state index in [2.05, 4.69) is 43.7 Å². The molecule has 5 aliphatic rings. The highest BCUT2D eigenvalue weighted by Gasteiger charge is 2.45. The van der Waals surface area contributed by atoms with E-state index in [0.29, 0.717) is 29.0 Å². The highest BCUT2D eigenvalue weighted by Crippen LogP contribution is 2.47. The lowest BCUT2D eigenvalue weighted by Crippen LogP contribution is -2.54. The van der Waals surface area contributed by atoms with E-state index in [-0.39, 0.29) is 18.7 Å². The Morgan fingerprint density at radius 1 is 0.930 bits per heavy atom. The van der Waals surface area contributed by atoms with Crippen LogP contribution in [0.15, 0.2) is 36.4 Å². The molecule has 2 aromatic carbocycles. The van der Waals surface area contributed by atoms with E-state index in [1.165, 1.54) is 35.1 Å². The Kier molecular flexibility index (Phi) is 6.25. The highest BCUT2D eigenvalue weighted by atomic mass is 16.2. The van der Waals surface area contributed by atoms with Gasteiger partial charge in [0, 0.05) is 61.8 Å². The number of hydrogen-bond donors (Lipinski definition) is 3. The molecule has 3 aromatic rings. The Morgan fingerprint density at radius 2 is 1.72 bits per heavy atom. The average molecular weight is 582 g/mol. The van der Waals surface area contributed by atoms with Gasteiger partial charge < -0.3 is 15.5 Å². The molecule has 11 nitrogen and oxygen atoms in total. The normalized spacial score (nSPS) is 25.6. The van der Waals surface area contributed by atoms with Crippen molar-refractivity contribution in [1.29, 1.82) is 0 Å². The van der Waals surface area contributed by atoms with Gasteiger partial charge in [-0.15, -0.1) is 0 Å². The van der Waals surface area contributed by atoms with Crippen LogP contribution in [0.2, 0.25) is 0 Å². The molecule has 8 rings (SSSR count). The van der Waals surface area contributed by atoms with Gasteiger partial charge in [-0.1, -0.05) is 6.07 Å². The third kappa shape index (κ3) is 4.48. The lowest BCUT2D eigenvalue weighted by atomic mass is 9.80. The summed E-state index contributed by atoms with van der Waals surface area (Å²) in [5.74, 6) is -0.912. The monoisotopic (exact) mass is 581 g/mol. The average Bonchev–Trinajstić information content (AvgIpc) is 3.73. The van der Waals surface area contributed by atoms with Gasteiger partial charge >= 0.3 is 0 Å². The zero-order valence-corrected chi connectivity index (χ0v) is 24.0. The molecule has 1 aromatic heterocycles. The van der Waals surface area contributed by atoms with Crippen molar-refractivity contribution in [3.05, 3.63) is 53.2 Å². The van der Waals surface area contributed by atoms with E-state index in [1.807, 2.05) is 6.07 Å². The molecule has 2 saturated heterocycles. The number of amides is 4. The Bertz CT molecular complexity index is 1670. The number of nitrogens with one attached hydrogen (secondary N) is 3. The predicted molar refractivity (Wildman–Crippen MR) is 160 cm³/mol. The molecule has 2 saturated carbocycles. The third-order valence-electron chi connectivity index (χ3n) is 9.75. The first-order chi connectivity index (χ1) is 21.0. The maximum atomic E-state index is 13.2. The fraction of sp³-hybridized carbons (Fsp3) is 0.469. The second kappa shape index (κ2) is 10.2. The number of aromatic nitrogens is 2. The fourth-order valence-corrected chi connectivity index (χ4v) is 7.20. The van der Waals surface area contributed by atoms with E-state index in [0.717, 1.165) is 56.2 Å². The first-order valence-corrected chi connectivity index (χ1v) is 15.5. The molecule has 0 spiro atoms. The number of carbonyl (C=O) groups is 4. The van der Waals surface area contributed by atoms with Crippen molar-refractivity contribution < 1.29 is 19.2 Å². The number of benzene rings is 2. The van der Waals surface area contributed by atoms with E-state index in [4.69, 9.17) is 5.10 Å². The second-order valence-electron chi connectivity index (χ2n) is 12.6. The van der Waals surface area contributed by atoms with Crippen LogP contribution in [-0.4, -0.2) is 77.1 Å². The van der Waals surface area contributed by atoms with Crippen molar-refractivity contribution >= 4 is 45.9 Å². The Hall–Kier alpha value is -4.25. The molecule has 0 bridgehead atoms. The van der Waals surface area contributed by atoms with Crippen molar-refractivity contribution in [2.45, 2.75) is 56.5 Å². The van der Waals surface area contributed by atoms with Crippen LogP contribution in [0.5, 0.6) is 0 Å². The number of hydrogen-bond acceptors (Lipinski definition) is 8. The van der Waals surface area contributed by atoms with Crippen LogP contribution < -0.4 is 20.9 Å². The summed E-state index contributed by atoms with van der Waals surface area (Å²) in [4.78, 5) is 53.6. The van der Waals surface area contributed by atoms with Gasteiger partial charge in [-0.05, 0) is 68.4 Å². The predicted octanol–water partition coefficient (Wildman–Crippen LogP) is 2.79. The molecule has 222 valence electrons. The van der Waals surface area contributed by atoms with E-state index < -0.39 is 23.8 Å². The maximum absolute atomic E-state index is 13.2. The Morgan fingerprint density at radius 3 is 2.49 bits per heavy atom. The number of piperazine rings is 1. The minimum Gasteiger partial charge on any atom is -0.385 e. The minimum atomic E-state index is -0.958. The number of nitrogens with zero attached hydrogens (tertiary/aromatic N) is 4. The quantitative estimate of drug-likeness (QED) is 0.364.